The Balaban J connectivity index is 2.19. The third-order valence-electron chi connectivity index (χ3n) is 3.02. The fraction of sp³-hybridized carbons (Fsp3) is 0.231. The predicted molar refractivity (Wildman–Crippen MR) is 65.7 cm³/mol. The Kier molecular flexibility index (Phi) is 1.99. The van der Waals surface area contributed by atoms with Gasteiger partial charge in [0, 0.05) is 5.92 Å². The van der Waals surface area contributed by atoms with Gasteiger partial charge in [0.15, 0.2) is 0 Å². The minimum atomic E-state index is -0.538. The van der Waals surface area contributed by atoms with Crippen LogP contribution in [0.15, 0.2) is 42.5 Å². The summed E-state index contributed by atoms with van der Waals surface area (Å²) in [6.07, 6.45) is 0.865. The molecule has 1 saturated carbocycles. The number of benzene rings is 2. The number of halogens is 2. The zero-order chi connectivity index (χ0) is 10.5. The molecule has 2 aromatic carbocycles. The molecule has 2 aromatic rings. The summed E-state index contributed by atoms with van der Waals surface area (Å²) in [7, 11) is 0. The smallest absolute Gasteiger partial charge is 0.101 e. The normalized spacial score (nSPS) is 22.9. The summed E-state index contributed by atoms with van der Waals surface area (Å²) in [4.78, 5) is 0. The number of hydrogen-bond donors (Lipinski definition) is 0. The van der Waals surface area contributed by atoms with E-state index in [2.05, 4.69) is 36.4 Å². The Morgan fingerprint density at radius 3 is 2.40 bits per heavy atom. The molecule has 0 aromatic heterocycles. The molecule has 0 aliphatic heterocycles. The van der Waals surface area contributed by atoms with E-state index in [1.54, 1.807) is 0 Å². The minimum Gasteiger partial charge on any atom is -0.101 e. The first-order chi connectivity index (χ1) is 7.18. The van der Waals surface area contributed by atoms with Crippen LogP contribution in [0, 0.1) is 0 Å². The molecule has 1 aliphatic carbocycles. The lowest BCUT2D eigenvalue weighted by atomic mass is 10.0. The van der Waals surface area contributed by atoms with Crippen molar-refractivity contribution in [2.24, 2.45) is 0 Å². The molecule has 1 unspecified atom stereocenters. The average molecular weight is 237 g/mol. The Bertz CT molecular complexity index is 511. The van der Waals surface area contributed by atoms with E-state index < -0.39 is 4.33 Å². The quantitative estimate of drug-likeness (QED) is 0.640. The lowest BCUT2D eigenvalue weighted by Crippen LogP contribution is -1.90. The molecule has 76 valence electrons. The van der Waals surface area contributed by atoms with Gasteiger partial charge in [0.05, 0.1) is 0 Å². The van der Waals surface area contributed by atoms with E-state index in [9.17, 15) is 0 Å². The molecule has 2 heteroatoms. The number of hydrogen-bond acceptors (Lipinski definition) is 0. The highest BCUT2D eigenvalue weighted by Gasteiger charge is 2.52. The first-order valence-electron chi connectivity index (χ1n) is 5.04. The van der Waals surface area contributed by atoms with E-state index in [1.165, 1.54) is 16.3 Å². The molecule has 15 heavy (non-hydrogen) atoms. The van der Waals surface area contributed by atoms with Gasteiger partial charge < -0.3 is 0 Å². The van der Waals surface area contributed by atoms with Crippen LogP contribution < -0.4 is 0 Å². The van der Waals surface area contributed by atoms with Crippen LogP contribution in [0.25, 0.3) is 10.8 Å². The van der Waals surface area contributed by atoms with Gasteiger partial charge in [-0.1, -0.05) is 42.5 Å². The fourth-order valence-electron chi connectivity index (χ4n) is 2.11. The highest BCUT2D eigenvalue weighted by Crippen LogP contribution is 2.60. The molecule has 1 atom stereocenters. The molecule has 0 bridgehead atoms. The predicted octanol–water partition coefficient (Wildman–Crippen LogP) is 4.50. The van der Waals surface area contributed by atoms with E-state index in [-0.39, 0.29) is 0 Å². The molecular formula is C13H10Cl2. The summed E-state index contributed by atoms with van der Waals surface area (Å²) in [5.74, 6) is 0.298. The standard InChI is InChI=1S/C13H10Cl2/c14-13(15)8-12(13)11-7-3-5-9-4-1-2-6-10(9)11/h1-7,12H,8H2. The van der Waals surface area contributed by atoms with Crippen molar-refractivity contribution in [2.75, 3.05) is 0 Å². The maximum absolute atomic E-state index is 6.11. The van der Waals surface area contributed by atoms with Gasteiger partial charge in [-0.05, 0) is 22.8 Å². The second-order valence-electron chi connectivity index (χ2n) is 4.09. The van der Waals surface area contributed by atoms with Crippen molar-refractivity contribution in [3.8, 4) is 0 Å². The number of rotatable bonds is 1. The summed E-state index contributed by atoms with van der Waals surface area (Å²) in [6.45, 7) is 0. The molecule has 0 amide bonds. The van der Waals surface area contributed by atoms with Crippen LogP contribution in [0.1, 0.15) is 17.9 Å². The van der Waals surface area contributed by atoms with Crippen molar-refractivity contribution >= 4 is 34.0 Å². The summed E-state index contributed by atoms with van der Waals surface area (Å²) in [6, 6.07) is 14.7. The Morgan fingerprint density at radius 1 is 1.00 bits per heavy atom. The van der Waals surface area contributed by atoms with E-state index >= 15 is 0 Å². The van der Waals surface area contributed by atoms with Gasteiger partial charge in [0.25, 0.3) is 0 Å². The van der Waals surface area contributed by atoms with Crippen molar-refractivity contribution in [1.82, 2.24) is 0 Å². The fourth-order valence-corrected chi connectivity index (χ4v) is 2.65. The number of fused-ring (bicyclic) bond motifs is 1. The Hall–Kier alpha value is -0.720. The topological polar surface area (TPSA) is 0 Å². The summed E-state index contributed by atoms with van der Waals surface area (Å²) in [5.41, 5.74) is 1.28. The van der Waals surface area contributed by atoms with Crippen LogP contribution >= 0.6 is 23.2 Å². The molecule has 1 fully saturated rings. The Morgan fingerprint density at radius 2 is 1.67 bits per heavy atom. The average Bonchev–Trinajstić information content (AvgIpc) is 2.87. The molecule has 0 nitrogen and oxygen atoms in total. The largest absolute Gasteiger partial charge is 0.125 e. The zero-order valence-electron chi connectivity index (χ0n) is 8.08. The van der Waals surface area contributed by atoms with Crippen LogP contribution in [0.4, 0.5) is 0 Å². The van der Waals surface area contributed by atoms with Crippen LogP contribution in [0.5, 0.6) is 0 Å². The van der Waals surface area contributed by atoms with Crippen LogP contribution in [-0.4, -0.2) is 4.33 Å². The summed E-state index contributed by atoms with van der Waals surface area (Å²) >= 11 is 12.2. The van der Waals surface area contributed by atoms with Gasteiger partial charge in [-0.3, -0.25) is 0 Å². The Labute approximate surface area is 98.8 Å². The lowest BCUT2D eigenvalue weighted by Gasteiger charge is -2.05. The molecular weight excluding hydrogens is 227 g/mol. The monoisotopic (exact) mass is 236 g/mol. The SMILES string of the molecule is ClC1(Cl)CC1c1cccc2ccccc12. The second-order valence-corrected chi connectivity index (χ2v) is 5.63. The minimum absolute atomic E-state index is 0.298. The van der Waals surface area contributed by atoms with Crippen LogP contribution in [0.2, 0.25) is 0 Å². The van der Waals surface area contributed by atoms with Crippen molar-refractivity contribution < 1.29 is 0 Å². The molecule has 0 spiro atoms. The third kappa shape index (κ3) is 1.53. The lowest BCUT2D eigenvalue weighted by molar-refractivity contribution is 1.12. The van der Waals surface area contributed by atoms with Gasteiger partial charge in [-0.2, -0.15) is 0 Å². The van der Waals surface area contributed by atoms with Crippen molar-refractivity contribution in [1.29, 1.82) is 0 Å². The van der Waals surface area contributed by atoms with E-state index in [0.29, 0.717) is 5.92 Å². The molecule has 0 N–H and O–H groups in total. The first kappa shape index (κ1) is 9.50. The van der Waals surface area contributed by atoms with Gasteiger partial charge in [-0.25, -0.2) is 0 Å². The highest BCUT2D eigenvalue weighted by molar-refractivity contribution is 6.51. The van der Waals surface area contributed by atoms with Gasteiger partial charge in [0.2, 0.25) is 0 Å². The van der Waals surface area contributed by atoms with Crippen LogP contribution in [-0.2, 0) is 0 Å². The van der Waals surface area contributed by atoms with Crippen LogP contribution in [0.3, 0.4) is 0 Å². The maximum atomic E-state index is 6.11. The molecule has 1 aliphatic rings. The van der Waals surface area contributed by atoms with Gasteiger partial charge in [-0.15, -0.1) is 23.2 Å². The molecule has 0 radical (unpaired) electrons. The van der Waals surface area contributed by atoms with E-state index in [1.807, 2.05) is 6.07 Å². The van der Waals surface area contributed by atoms with Crippen molar-refractivity contribution in [2.45, 2.75) is 16.7 Å². The second kappa shape index (κ2) is 3.13. The summed E-state index contributed by atoms with van der Waals surface area (Å²) < 4.78 is -0.538. The maximum Gasteiger partial charge on any atom is 0.125 e. The van der Waals surface area contributed by atoms with Crippen molar-refractivity contribution in [3.05, 3.63) is 48.0 Å². The first-order valence-corrected chi connectivity index (χ1v) is 5.79. The molecule has 0 saturated heterocycles. The van der Waals surface area contributed by atoms with Gasteiger partial charge in [0.1, 0.15) is 4.33 Å². The molecule has 3 rings (SSSR count). The zero-order valence-corrected chi connectivity index (χ0v) is 9.59. The van der Waals surface area contributed by atoms with Crippen molar-refractivity contribution in [3.63, 3.8) is 0 Å². The summed E-state index contributed by atoms with van der Waals surface area (Å²) in [5, 5.41) is 2.53. The molecule has 0 heterocycles. The number of alkyl halides is 2. The third-order valence-corrected chi connectivity index (χ3v) is 3.86. The van der Waals surface area contributed by atoms with E-state index in [4.69, 9.17) is 23.2 Å². The van der Waals surface area contributed by atoms with E-state index in [0.717, 1.165) is 6.42 Å². The highest BCUT2D eigenvalue weighted by atomic mass is 35.5. The van der Waals surface area contributed by atoms with Gasteiger partial charge >= 0.3 is 0 Å².